The Morgan fingerprint density at radius 1 is 0.872 bits per heavy atom. The van der Waals surface area contributed by atoms with Gasteiger partial charge in [-0.15, -0.1) is 10.2 Å². The minimum absolute atomic E-state index is 0.0573. The number of benzene rings is 3. The van der Waals surface area contributed by atoms with Gasteiger partial charge < -0.3 is 4.90 Å². The molecule has 0 saturated heterocycles. The minimum atomic E-state index is -4.94. The van der Waals surface area contributed by atoms with Crippen LogP contribution in [0.15, 0.2) is 90.8 Å². The van der Waals surface area contributed by atoms with Crippen molar-refractivity contribution < 1.29 is 33.4 Å². The molecule has 1 aromatic heterocycles. The average Bonchev–Trinajstić information content (AvgIpc) is 3.12. The fraction of sp³-hybridized carbons (Fsp3) is 0.281. The Bertz CT molecular complexity index is 1520. The third-order valence-electron chi connectivity index (χ3n) is 7.32. The lowest BCUT2D eigenvalue weighted by atomic mass is 9.81. The summed E-state index contributed by atoms with van der Waals surface area (Å²) in [7, 11) is -4.94. The number of anilines is 1. The number of fused-ring (bicyclic) bond motifs is 4. The Kier molecular flexibility index (Phi) is 8.74. The van der Waals surface area contributed by atoms with Gasteiger partial charge in [0.05, 0.1) is 5.39 Å². The maximum atomic E-state index is 8.49. The van der Waals surface area contributed by atoms with Crippen molar-refractivity contribution in [2.45, 2.75) is 52.5 Å². The van der Waals surface area contributed by atoms with Crippen molar-refractivity contribution in [1.29, 1.82) is 0 Å². The topological polar surface area (TPSA) is 99.4 Å². The van der Waals surface area contributed by atoms with E-state index < -0.39 is 10.2 Å². The molecule has 0 N–H and O–H groups in total. The predicted octanol–water partition coefficient (Wildman–Crippen LogP) is 3.04. The molecular weight excluding hydrogens is 512 g/mol. The summed E-state index contributed by atoms with van der Waals surface area (Å²) in [5, 5.41) is 3.99. The number of halogens is 1. The highest BCUT2D eigenvalue weighted by atomic mass is 35.7. The predicted molar refractivity (Wildman–Crippen MR) is 146 cm³/mol. The maximum Gasteiger partial charge on any atom is 0.213 e. The zero-order valence-electron chi connectivity index (χ0n) is 22.9. The number of aromatic nitrogens is 1. The van der Waals surface area contributed by atoms with Crippen molar-refractivity contribution in [2.24, 2.45) is 0 Å². The molecule has 204 valence electrons. The van der Waals surface area contributed by atoms with Crippen LogP contribution in [-0.4, -0.2) is 6.54 Å². The van der Waals surface area contributed by atoms with Crippen LogP contribution in [0.25, 0.3) is 27.8 Å². The first kappa shape index (κ1) is 28.7. The van der Waals surface area contributed by atoms with Crippen molar-refractivity contribution >= 4 is 33.4 Å². The normalized spacial score (nSPS) is 15.7. The monoisotopic (exact) mass is 546 g/mol. The number of allylic oxidation sites excluding steroid dienone is 3. The summed E-state index contributed by atoms with van der Waals surface area (Å²) in [6, 6.07) is 24.3. The summed E-state index contributed by atoms with van der Waals surface area (Å²) in [5.41, 5.74) is 6.69. The molecule has 4 aromatic rings. The van der Waals surface area contributed by atoms with Crippen molar-refractivity contribution in [1.82, 2.24) is 0 Å². The van der Waals surface area contributed by atoms with E-state index >= 15 is 0 Å². The highest BCUT2D eigenvalue weighted by molar-refractivity contribution is 5.95. The smallest absolute Gasteiger partial charge is 0.213 e. The Labute approximate surface area is 232 Å². The average molecular weight is 547 g/mol. The van der Waals surface area contributed by atoms with E-state index in [2.05, 4.69) is 128 Å². The van der Waals surface area contributed by atoms with Gasteiger partial charge in [0.25, 0.3) is 0 Å². The third-order valence-corrected chi connectivity index (χ3v) is 7.32. The van der Waals surface area contributed by atoms with E-state index in [0.717, 1.165) is 13.1 Å². The van der Waals surface area contributed by atoms with E-state index in [-0.39, 0.29) is 5.41 Å². The number of para-hydroxylation sites is 1. The standard InChI is InChI=1S/C32H35N2.ClHO4/c1-5-7-22-34-29-20-19-24-13-8-9-16-27(24)31(29)32(3,4)30(34)18-12-14-25-21-23-33(6-2)28-17-11-10-15-26(25)28;2-1(3,4)5/h8-21,23H,5-7,22H2,1-4H3;(H,2,3,4,5)/q+1;/p-1. The third kappa shape index (κ3) is 6.32. The van der Waals surface area contributed by atoms with Gasteiger partial charge in [-0.1, -0.05) is 81.8 Å². The summed E-state index contributed by atoms with van der Waals surface area (Å²) < 4.78 is 36.3. The van der Waals surface area contributed by atoms with E-state index in [1.54, 1.807) is 0 Å². The number of pyridine rings is 1. The van der Waals surface area contributed by atoms with Crippen molar-refractivity contribution in [3.05, 3.63) is 102 Å². The number of hydrogen-bond acceptors (Lipinski definition) is 5. The molecular formula is C32H35ClN2O4. The number of unbranched alkanes of at least 4 members (excludes halogenated alkanes) is 1. The van der Waals surface area contributed by atoms with Crippen LogP contribution >= 0.6 is 0 Å². The Hall–Kier alpha value is -3.26. The first-order valence-electron chi connectivity index (χ1n) is 13.3. The van der Waals surface area contributed by atoms with Crippen molar-refractivity contribution in [3.8, 4) is 0 Å². The van der Waals surface area contributed by atoms with Crippen LogP contribution in [0.4, 0.5) is 5.69 Å². The first-order valence-corrected chi connectivity index (χ1v) is 14.5. The van der Waals surface area contributed by atoms with E-state index in [1.165, 1.54) is 57.0 Å². The molecule has 2 heterocycles. The van der Waals surface area contributed by atoms with Crippen LogP contribution in [0.5, 0.6) is 0 Å². The summed E-state index contributed by atoms with van der Waals surface area (Å²) in [6.45, 7) is 11.3. The second kappa shape index (κ2) is 11.9. The maximum absolute atomic E-state index is 8.49. The fourth-order valence-corrected chi connectivity index (χ4v) is 5.57. The Morgan fingerprint density at radius 2 is 1.54 bits per heavy atom. The molecule has 0 unspecified atom stereocenters. The van der Waals surface area contributed by atoms with E-state index in [0.29, 0.717) is 0 Å². The van der Waals surface area contributed by atoms with Gasteiger partial charge in [0, 0.05) is 35.5 Å². The zero-order valence-corrected chi connectivity index (χ0v) is 23.6. The first-order chi connectivity index (χ1) is 18.6. The molecule has 0 saturated carbocycles. The second-order valence-electron chi connectivity index (χ2n) is 10.2. The van der Waals surface area contributed by atoms with Gasteiger partial charge in [0.15, 0.2) is 6.20 Å². The van der Waals surface area contributed by atoms with Gasteiger partial charge >= 0.3 is 0 Å². The summed E-state index contributed by atoms with van der Waals surface area (Å²) in [6.07, 6.45) is 11.4. The van der Waals surface area contributed by atoms with Crippen LogP contribution in [0.1, 0.15) is 51.7 Å². The van der Waals surface area contributed by atoms with Gasteiger partial charge in [0.2, 0.25) is 5.52 Å². The minimum Gasteiger partial charge on any atom is -0.344 e. The molecule has 39 heavy (non-hydrogen) atoms. The summed E-state index contributed by atoms with van der Waals surface area (Å²) in [5.74, 6) is 0. The molecule has 6 nitrogen and oxygen atoms in total. The van der Waals surface area contributed by atoms with Crippen LogP contribution in [0, 0.1) is 10.2 Å². The van der Waals surface area contributed by atoms with Gasteiger partial charge in [-0.25, -0.2) is 18.6 Å². The van der Waals surface area contributed by atoms with Crippen LogP contribution in [-0.2, 0) is 12.0 Å². The second-order valence-corrected chi connectivity index (χ2v) is 10.9. The van der Waals surface area contributed by atoms with E-state index in [4.69, 9.17) is 18.6 Å². The largest absolute Gasteiger partial charge is 0.344 e. The lowest BCUT2D eigenvalue weighted by Crippen LogP contribution is -2.68. The van der Waals surface area contributed by atoms with Gasteiger partial charge in [-0.05, 0) is 53.5 Å². The van der Waals surface area contributed by atoms with Gasteiger partial charge in [-0.2, -0.15) is 4.57 Å². The summed E-state index contributed by atoms with van der Waals surface area (Å²) in [4.78, 5) is 2.56. The summed E-state index contributed by atoms with van der Waals surface area (Å²) >= 11 is 0. The number of hydrogen-bond donors (Lipinski definition) is 0. The lowest BCUT2D eigenvalue weighted by Gasteiger charge is -2.27. The molecule has 5 rings (SSSR count). The van der Waals surface area contributed by atoms with Crippen molar-refractivity contribution in [3.63, 3.8) is 0 Å². The molecule has 0 radical (unpaired) electrons. The van der Waals surface area contributed by atoms with Gasteiger partial charge in [0.1, 0.15) is 6.54 Å². The molecule has 0 amide bonds. The molecule has 1 aliphatic heterocycles. The quantitative estimate of drug-likeness (QED) is 0.346. The molecule has 0 fully saturated rings. The molecule has 1 aliphatic rings. The molecule has 0 spiro atoms. The molecule has 0 aliphatic carbocycles. The van der Waals surface area contributed by atoms with Crippen LogP contribution < -0.4 is 28.1 Å². The van der Waals surface area contributed by atoms with E-state index in [9.17, 15) is 0 Å². The van der Waals surface area contributed by atoms with Crippen LogP contribution in [0.2, 0.25) is 0 Å². The fourth-order valence-electron chi connectivity index (χ4n) is 5.57. The molecule has 0 bridgehead atoms. The number of nitrogens with zero attached hydrogens (tertiary/aromatic N) is 2. The van der Waals surface area contributed by atoms with Crippen LogP contribution in [0.3, 0.4) is 0 Å². The Balaban J connectivity index is 0.000000648. The number of rotatable bonds is 6. The molecule has 3 aromatic carbocycles. The highest BCUT2D eigenvalue weighted by Crippen LogP contribution is 2.50. The Morgan fingerprint density at radius 3 is 2.23 bits per heavy atom. The SMILES string of the molecule is CCCCN1C(=CC=Cc2cc[n+](CC)c3ccccc23)C(C)(C)c2c1ccc1ccccc21.[O-][Cl+3]([O-])([O-])[O-]. The van der Waals surface area contributed by atoms with E-state index in [1.807, 2.05) is 0 Å². The van der Waals surface area contributed by atoms with Gasteiger partial charge in [-0.3, -0.25) is 0 Å². The zero-order chi connectivity index (χ0) is 28.2. The molecule has 7 heteroatoms. The van der Waals surface area contributed by atoms with Crippen molar-refractivity contribution in [2.75, 3.05) is 11.4 Å². The molecule has 0 atom stereocenters. The highest BCUT2D eigenvalue weighted by Gasteiger charge is 2.40. The number of aryl methyl sites for hydroxylation is 1. The lowest BCUT2D eigenvalue weighted by molar-refractivity contribution is -2.00.